The Morgan fingerprint density at radius 3 is 2.93 bits per heavy atom. The predicted molar refractivity (Wildman–Crippen MR) is 63.6 cm³/mol. The maximum Gasteiger partial charge on any atom is 0.194 e. The second-order valence-corrected chi connectivity index (χ2v) is 4.38. The molecular formula is C9H7ClN2S2. The van der Waals surface area contributed by atoms with Crippen molar-refractivity contribution in [1.82, 2.24) is 9.38 Å². The number of aromatic nitrogens is 2. The van der Waals surface area contributed by atoms with E-state index in [0.717, 1.165) is 10.7 Å². The average Bonchev–Trinajstić information content (AvgIpc) is 2.78. The summed E-state index contributed by atoms with van der Waals surface area (Å²) in [7, 11) is 0. The summed E-state index contributed by atoms with van der Waals surface area (Å²) in [6.07, 6.45) is 4.09. The maximum atomic E-state index is 4.50. The minimum absolute atomic E-state index is 0. The molecule has 5 heteroatoms. The first-order valence-electron chi connectivity index (χ1n) is 3.88. The summed E-state index contributed by atoms with van der Waals surface area (Å²) in [6.45, 7) is 0. The number of imidazole rings is 1. The van der Waals surface area contributed by atoms with Gasteiger partial charge in [0.2, 0.25) is 0 Å². The fraction of sp³-hybridized carbons (Fsp3) is 0. The van der Waals surface area contributed by atoms with Gasteiger partial charge in [-0.25, -0.2) is 4.98 Å². The van der Waals surface area contributed by atoms with Gasteiger partial charge in [-0.2, -0.15) is 11.3 Å². The third-order valence-electron chi connectivity index (χ3n) is 1.91. The number of rotatable bonds is 1. The van der Waals surface area contributed by atoms with Crippen LogP contribution in [0.3, 0.4) is 0 Å². The SMILES string of the molecule is Cl.c1cc(-c2cn3ccsc3n2)cs1. The molecule has 0 atom stereocenters. The van der Waals surface area contributed by atoms with Crippen LogP contribution in [0.1, 0.15) is 0 Å². The average molecular weight is 243 g/mol. The number of nitrogens with zero attached hydrogens (tertiary/aromatic N) is 2. The van der Waals surface area contributed by atoms with E-state index in [2.05, 4.69) is 32.4 Å². The number of thiazole rings is 1. The molecular weight excluding hydrogens is 236 g/mol. The number of hydrogen-bond donors (Lipinski definition) is 0. The molecule has 3 rings (SSSR count). The van der Waals surface area contributed by atoms with Crippen molar-refractivity contribution in [1.29, 1.82) is 0 Å². The highest BCUT2D eigenvalue weighted by atomic mass is 35.5. The first-order valence-corrected chi connectivity index (χ1v) is 5.70. The van der Waals surface area contributed by atoms with Crippen LogP contribution in [0.25, 0.3) is 16.2 Å². The Bertz CT molecular complexity index is 495. The fourth-order valence-electron chi connectivity index (χ4n) is 1.28. The zero-order valence-electron chi connectivity index (χ0n) is 7.08. The van der Waals surface area contributed by atoms with Crippen LogP contribution in [0.2, 0.25) is 0 Å². The normalized spacial score (nSPS) is 10.3. The van der Waals surface area contributed by atoms with Gasteiger partial charge in [0.25, 0.3) is 0 Å². The van der Waals surface area contributed by atoms with Crippen molar-refractivity contribution >= 4 is 40.0 Å². The third kappa shape index (κ3) is 1.45. The highest BCUT2D eigenvalue weighted by molar-refractivity contribution is 7.15. The van der Waals surface area contributed by atoms with Crippen LogP contribution in [0.5, 0.6) is 0 Å². The van der Waals surface area contributed by atoms with Gasteiger partial charge in [-0.15, -0.1) is 23.7 Å². The largest absolute Gasteiger partial charge is 0.297 e. The van der Waals surface area contributed by atoms with Gasteiger partial charge in [-0.3, -0.25) is 4.40 Å². The molecule has 0 bridgehead atoms. The van der Waals surface area contributed by atoms with E-state index in [1.165, 1.54) is 5.56 Å². The highest BCUT2D eigenvalue weighted by Gasteiger charge is 2.04. The summed E-state index contributed by atoms with van der Waals surface area (Å²) >= 11 is 3.36. The van der Waals surface area contributed by atoms with Crippen molar-refractivity contribution in [3.8, 4) is 11.3 Å². The van der Waals surface area contributed by atoms with Gasteiger partial charge in [-0.1, -0.05) is 0 Å². The number of halogens is 1. The lowest BCUT2D eigenvalue weighted by molar-refractivity contribution is 1.23. The van der Waals surface area contributed by atoms with E-state index < -0.39 is 0 Å². The van der Waals surface area contributed by atoms with E-state index in [9.17, 15) is 0 Å². The van der Waals surface area contributed by atoms with Crippen LogP contribution in [0, 0.1) is 0 Å². The smallest absolute Gasteiger partial charge is 0.194 e. The molecule has 0 fully saturated rings. The molecule has 0 amide bonds. The zero-order valence-corrected chi connectivity index (χ0v) is 9.53. The first kappa shape index (κ1) is 9.71. The number of fused-ring (bicyclic) bond motifs is 1. The van der Waals surface area contributed by atoms with E-state index in [1.54, 1.807) is 22.7 Å². The lowest BCUT2D eigenvalue weighted by Gasteiger charge is -1.85. The molecule has 3 aromatic rings. The molecule has 0 aliphatic heterocycles. The lowest BCUT2D eigenvalue weighted by atomic mass is 10.3. The molecule has 0 unspecified atom stereocenters. The van der Waals surface area contributed by atoms with E-state index in [4.69, 9.17) is 0 Å². The summed E-state index contributed by atoms with van der Waals surface area (Å²) in [5, 5.41) is 6.23. The van der Waals surface area contributed by atoms with Crippen LogP contribution in [-0.4, -0.2) is 9.38 Å². The first-order chi connectivity index (χ1) is 6.43. The van der Waals surface area contributed by atoms with Crippen LogP contribution in [0.4, 0.5) is 0 Å². The van der Waals surface area contributed by atoms with Crippen molar-refractivity contribution in [3.63, 3.8) is 0 Å². The van der Waals surface area contributed by atoms with Crippen molar-refractivity contribution in [2.45, 2.75) is 0 Å². The van der Waals surface area contributed by atoms with Gasteiger partial charge in [0.1, 0.15) is 0 Å². The van der Waals surface area contributed by atoms with E-state index in [0.29, 0.717) is 0 Å². The minimum atomic E-state index is 0. The molecule has 72 valence electrons. The predicted octanol–water partition coefficient (Wildman–Crippen LogP) is 3.55. The van der Waals surface area contributed by atoms with E-state index in [-0.39, 0.29) is 12.4 Å². The topological polar surface area (TPSA) is 17.3 Å². The molecule has 14 heavy (non-hydrogen) atoms. The molecule has 3 aromatic heterocycles. The van der Waals surface area contributed by atoms with Gasteiger partial charge in [-0.05, 0) is 11.4 Å². The Morgan fingerprint density at radius 1 is 1.29 bits per heavy atom. The second-order valence-electron chi connectivity index (χ2n) is 2.73. The molecule has 0 aliphatic carbocycles. The molecule has 0 spiro atoms. The molecule has 0 radical (unpaired) electrons. The Morgan fingerprint density at radius 2 is 2.21 bits per heavy atom. The van der Waals surface area contributed by atoms with Gasteiger partial charge in [0.05, 0.1) is 5.69 Å². The molecule has 3 heterocycles. The minimum Gasteiger partial charge on any atom is -0.297 e. The van der Waals surface area contributed by atoms with E-state index >= 15 is 0 Å². The summed E-state index contributed by atoms with van der Waals surface area (Å²) in [6, 6.07) is 2.09. The molecule has 0 saturated carbocycles. The van der Waals surface area contributed by atoms with Crippen molar-refractivity contribution in [2.75, 3.05) is 0 Å². The Hall–Kier alpha value is -0.840. The molecule has 2 nitrogen and oxygen atoms in total. The fourth-order valence-corrected chi connectivity index (χ4v) is 2.63. The molecule has 0 aliphatic rings. The molecule has 0 aromatic carbocycles. The summed E-state index contributed by atoms with van der Waals surface area (Å²) in [4.78, 5) is 5.56. The monoisotopic (exact) mass is 242 g/mol. The summed E-state index contributed by atoms with van der Waals surface area (Å²) in [5.74, 6) is 0. The van der Waals surface area contributed by atoms with Crippen LogP contribution < -0.4 is 0 Å². The van der Waals surface area contributed by atoms with Crippen LogP contribution in [-0.2, 0) is 0 Å². The molecule has 0 saturated heterocycles. The van der Waals surface area contributed by atoms with Crippen LogP contribution >= 0.6 is 35.1 Å². The highest BCUT2D eigenvalue weighted by Crippen LogP contribution is 2.23. The number of thiophene rings is 1. The van der Waals surface area contributed by atoms with Crippen molar-refractivity contribution in [3.05, 3.63) is 34.6 Å². The second kappa shape index (κ2) is 3.73. The van der Waals surface area contributed by atoms with E-state index in [1.807, 2.05) is 11.6 Å². The Labute approximate surface area is 95.3 Å². The third-order valence-corrected chi connectivity index (χ3v) is 3.36. The van der Waals surface area contributed by atoms with Crippen molar-refractivity contribution < 1.29 is 0 Å². The lowest BCUT2D eigenvalue weighted by Crippen LogP contribution is -1.69. The van der Waals surface area contributed by atoms with Crippen LogP contribution in [0.15, 0.2) is 34.6 Å². The van der Waals surface area contributed by atoms with Gasteiger partial charge in [0.15, 0.2) is 4.96 Å². The van der Waals surface area contributed by atoms with Gasteiger partial charge >= 0.3 is 0 Å². The molecule has 0 N–H and O–H groups in total. The Kier molecular flexibility index (Phi) is 2.58. The zero-order chi connectivity index (χ0) is 8.67. The standard InChI is InChI=1S/C9H6N2S2.ClH/c1-3-12-6-7(1)8-5-11-2-4-13-9(11)10-8;/h1-6H;1H. The maximum absolute atomic E-state index is 4.50. The van der Waals surface area contributed by atoms with Gasteiger partial charge in [0, 0.05) is 28.7 Å². The number of hydrogen-bond acceptors (Lipinski definition) is 3. The quantitative estimate of drug-likeness (QED) is 0.638. The van der Waals surface area contributed by atoms with Gasteiger partial charge < -0.3 is 0 Å². The van der Waals surface area contributed by atoms with Crippen molar-refractivity contribution in [2.24, 2.45) is 0 Å². The Balaban J connectivity index is 0.000000750. The summed E-state index contributed by atoms with van der Waals surface area (Å²) in [5.41, 5.74) is 2.27. The summed E-state index contributed by atoms with van der Waals surface area (Å²) < 4.78 is 2.05.